The third-order valence-corrected chi connectivity index (χ3v) is 6.85. The van der Waals surface area contributed by atoms with Gasteiger partial charge in [-0.05, 0) is 57.8 Å². The average Bonchev–Trinajstić information content (AvgIpc) is 3.01. The molecule has 7 heteroatoms. The minimum absolute atomic E-state index is 0.336. The molecule has 0 fully saturated rings. The first-order valence-electron chi connectivity index (χ1n) is 12.8. The van der Waals surface area contributed by atoms with Crippen LogP contribution in [-0.4, -0.2) is 43.9 Å². The van der Waals surface area contributed by atoms with Crippen molar-refractivity contribution in [1.82, 2.24) is 4.98 Å². The van der Waals surface area contributed by atoms with Gasteiger partial charge in [-0.15, -0.1) is 0 Å². The lowest BCUT2D eigenvalue weighted by atomic mass is 9.94. The Morgan fingerprint density at radius 1 is 0.925 bits per heavy atom. The van der Waals surface area contributed by atoms with Crippen LogP contribution < -0.4 is 14.8 Å². The zero-order valence-electron chi connectivity index (χ0n) is 22.5. The first kappa shape index (κ1) is 26.7. The zero-order valence-corrected chi connectivity index (χ0v) is 22.5. The van der Waals surface area contributed by atoms with Crippen LogP contribution in [-0.2, 0) is 4.74 Å². The van der Waals surface area contributed by atoms with Crippen molar-refractivity contribution in [2.75, 3.05) is 33.2 Å². The Balaban J connectivity index is 1.51. The Kier molecular flexibility index (Phi) is 7.94. The predicted octanol–water partition coefficient (Wildman–Crippen LogP) is 6.42. The third-order valence-electron chi connectivity index (χ3n) is 6.85. The van der Waals surface area contributed by atoms with Gasteiger partial charge >= 0.3 is 5.97 Å². The molecule has 1 aromatic heterocycles. The van der Waals surface area contributed by atoms with E-state index in [0.29, 0.717) is 23.6 Å². The molecule has 0 radical (unpaired) electrons. The van der Waals surface area contributed by atoms with Gasteiger partial charge in [0.1, 0.15) is 6.10 Å². The molecular formula is C33H30N2O5. The van der Waals surface area contributed by atoms with Gasteiger partial charge in [0.15, 0.2) is 11.5 Å². The van der Waals surface area contributed by atoms with Crippen molar-refractivity contribution in [2.24, 2.45) is 0 Å². The van der Waals surface area contributed by atoms with E-state index in [-0.39, 0.29) is 0 Å². The second-order valence-electron chi connectivity index (χ2n) is 9.25. The molecule has 0 saturated carbocycles. The second kappa shape index (κ2) is 11.9. The Labute approximate surface area is 232 Å². The van der Waals surface area contributed by atoms with Crippen LogP contribution in [0.3, 0.4) is 0 Å². The van der Waals surface area contributed by atoms with Crippen LogP contribution in [0.2, 0.25) is 0 Å². The molecule has 1 heterocycles. The number of aliphatic hydroxyl groups is 1. The summed E-state index contributed by atoms with van der Waals surface area (Å²) in [4.78, 5) is 16.5. The molecule has 0 bridgehead atoms. The Hall–Kier alpha value is -4.88. The summed E-state index contributed by atoms with van der Waals surface area (Å²) in [5.41, 5.74) is 4.38. The largest absolute Gasteiger partial charge is 0.493 e. The summed E-state index contributed by atoms with van der Waals surface area (Å²) >= 11 is 0. The van der Waals surface area contributed by atoms with Gasteiger partial charge in [0.25, 0.3) is 0 Å². The van der Waals surface area contributed by atoms with E-state index in [1.165, 1.54) is 7.11 Å². The lowest BCUT2D eigenvalue weighted by Gasteiger charge is -2.19. The highest BCUT2D eigenvalue weighted by molar-refractivity contribution is 5.91. The lowest BCUT2D eigenvalue weighted by Crippen LogP contribution is -2.13. The number of pyridine rings is 1. The summed E-state index contributed by atoms with van der Waals surface area (Å²) in [6, 6.07) is 26.6. The fraction of sp³-hybridized carbons (Fsp3) is 0.152. The number of anilines is 1. The molecule has 1 atom stereocenters. The van der Waals surface area contributed by atoms with Crippen LogP contribution in [0.15, 0.2) is 96.7 Å². The maximum absolute atomic E-state index is 11.9. The molecule has 7 nitrogen and oxygen atoms in total. The van der Waals surface area contributed by atoms with E-state index in [9.17, 15) is 9.90 Å². The van der Waals surface area contributed by atoms with Gasteiger partial charge in [-0.1, -0.05) is 60.7 Å². The Morgan fingerprint density at radius 2 is 1.70 bits per heavy atom. The molecule has 0 amide bonds. The Bertz CT molecular complexity index is 1690. The molecule has 1 unspecified atom stereocenters. The van der Waals surface area contributed by atoms with Crippen LogP contribution in [0.25, 0.3) is 27.8 Å². The molecule has 5 rings (SSSR count). The van der Waals surface area contributed by atoms with E-state index in [1.807, 2.05) is 78.9 Å². The summed E-state index contributed by atoms with van der Waals surface area (Å²) in [5, 5.41) is 17.9. The summed E-state index contributed by atoms with van der Waals surface area (Å²) in [6.45, 7) is 0.336. The van der Waals surface area contributed by atoms with Crippen molar-refractivity contribution in [2.45, 2.75) is 6.10 Å². The first-order chi connectivity index (χ1) is 19.5. The number of methoxy groups -OCH3 is 3. The first-order valence-corrected chi connectivity index (χ1v) is 12.8. The smallest absolute Gasteiger partial charge is 0.337 e. The summed E-state index contributed by atoms with van der Waals surface area (Å²) < 4.78 is 15.9. The number of rotatable bonds is 9. The van der Waals surface area contributed by atoms with Crippen molar-refractivity contribution in [3.63, 3.8) is 0 Å². The number of carbonyl (C=O) groups is 1. The topological polar surface area (TPSA) is 89.9 Å². The SMILES string of the molecule is COC(=O)c1ccc(C=C(CNc2cnc3ccc(OC)c(OC)c3c2)C(O)c2cccc3ccccc23)cc1. The van der Waals surface area contributed by atoms with Crippen LogP contribution in [0.1, 0.15) is 27.6 Å². The van der Waals surface area contributed by atoms with Gasteiger partial charge in [-0.3, -0.25) is 4.98 Å². The van der Waals surface area contributed by atoms with E-state index in [0.717, 1.165) is 44.1 Å². The monoisotopic (exact) mass is 534 g/mol. The molecule has 40 heavy (non-hydrogen) atoms. The molecule has 5 aromatic rings. The van der Waals surface area contributed by atoms with Crippen molar-refractivity contribution < 1.29 is 24.1 Å². The Morgan fingerprint density at radius 3 is 2.45 bits per heavy atom. The van der Waals surface area contributed by atoms with Crippen molar-refractivity contribution in [3.05, 3.63) is 113 Å². The quantitative estimate of drug-likeness (QED) is 0.211. The van der Waals surface area contributed by atoms with Gasteiger partial charge in [-0.25, -0.2) is 4.79 Å². The average molecular weight is 535 g/mol. The lowest BCUT2D eigenvalue weighted by molar-refractivity contribution is 0.0600. The van der Waals surface area contributed by atoms with Gasteiger partial charge in [0, 0.05) is 11.9 Å². The fourth-order valence-corrected chi connectivity index (χ4v) is 4.79. The molecule has 4 aromatic carbocycles. The van der Waals surface area contributed by atoms with Crippen LogP contribution >= 0.6 is 0 Å². The zero-order chi connectivity index (χ0) is 28.1. The number of fused-ring (bicyclic) bond motifs is 2. The highest BCUT2D eigenvalue weighted by Crippen LogP contribution is 2.36. The number of ether oxygens (including phenoxy) is 3. The molecular weight excluding hydrogens is 504 g/mol. The van der Waals surface area contributed by atoms with Crippen LogP contribution in [0, 0.1) is 0 Å². The molecule has 202 valence electrons. The van der Waals surface area contributed by atoms with E-state index < -0.39 is 12.1 Å². The standard InChI is InChI=1S/C33H30N2O5/c1-38-30-16-15-29-28(32(30)39-2)18-25(20-35-29)34-19-24(17-21-11-13-23(14-12-21)33(37)40-3)31(36)27-10-6-8-22-7-4-5-9-26(22)27/h4-18,20,31,34,36H,19H2,1-3H3. The van der Waals surface area contributed by atoms with E-state index in [1.54, 1.807) is 32.5 Å². The van der Waals surface area contributed by atoms with E-state index >= 15 is 0 Å². The van der Waals surface area contributed by atoms with Gasteiger partial charge in [-0.2, -0.15) is 0 Å². The summed E-state index contributed by atoms with van der Waals surface area (Å²) in [6.07, 6.45) is 2.79. The number of benzene rings is 4. The molecule has 0 saturated heterocycles. The predicted molar refractivity (Wildman–Crippen MR) is 158 cm³/mol. The highest BCUT2D eigenvalue weighted by atomic mass is 16.5. The number of carbonyl (C=O) groups excluding carboxylic acids is 1. The van der Waals surface area contributed by atoms with Crippen LogP contribution in [0.5, 0.6) is 11.5 Å². The number of esters is 1. The number of aliphatic hydroxyl groups excluding tert-OH is 1. The molecule has 0 aliphatic rings. The molecule has 0 aliphatic heterocycles. The molecule has 2 N–H and O–H groups in total. The fourth-order valence-electron chi connectivity index (χ4n) is 4.79. The normalized spacial score (nSPS) is 12.2. The van der Waals surface area contributed by atoms with Crippen molar-refractivity contribution in [1.29, 1.82) is 0 Å². The van der Waals surface area contributed by atoms with E-state index in [2.05, 4.69) is 10.3 Å². The number of nitrogens with one attached hydrogen (secondary N) is 1. The molecule has 0 aliphatic carbocycles. The third kappa shape index (κ3) is 5.46. The number of hydrogen-bond acceptors (Lipinski definition) is 7. The van der Waals surface area contributed by atoms with E-state index in [4.69, 9.17) is 14.2 Å². The van der Waals surface area contributed by atoms with Crippen molar-refractivity contribution >= 4 is 39.4 Å². The van der Waals surface area contributed by atoms with Gasteiger partial charge in [0.05, 0.1) is 44.3 Å². The number of aromatic nitrogens is 1. The maximum Gasteiger partial charge on any atom is 0.337 e. The minimum Gasteiger partial charge on any atom is -0.493 e. The highest BCUT2D eigenvalue weighted by Gasteiger charge is 2.17. The maximum atomic E-state index is 11.9. The van der Waals surface area contributed by atoms with Gasteiger partial charge in [0.2, 0.25) is 0 Å². The minimum atomic E-state index is -0.887. The molecule has 0 spiro atoms. The summed E-state index contributed by atoms with van der Waals surface area (Å²) in [5.74, 6) is 0.828. The van der Waals surface area contributed by atoms with Crippen LogP contribution in [0.4, 0.5) is 5.69 Å². The van der Waals surface area contributed by atoms with Gasteiger partial charge < -0.3 is 24.6 Å². The second-order valence-corrected chi connectivity index (χ2v) is 9.25. The van der Waals surface area contributed by atoms with Crippen molar-refractivity contribution in [3.8, 4) is 11.5 Å². The number of hydrogen-bond donors (Lipinski definition) is 2. The number of nitrogens with zero attached hydrogens (tertiary/aromatic N) is 1. The summed E-state index contributed by atoms with van der Waals surface area (Å²) in [7, 11) is 4.56.